The van der Waals surface area contributed by atoms with Crippen LogP contribution in [0.3, 0.4) is 0 Å². The van der Waals surface area contributed by atoms with Crippen molar-refractivity contribution in [2.24, 2.45) is 7.05 Å². The minimum atomic E-state index is -0.316. The molecule has 0 saturated carbocycles. The van der Waals surface area contributed by atoms with Gasteiger partial charge >= 0.3 is 0 Å². The summed E-state index contributed by atoms with van der Waals surface area (Å²) in [6.07, 6.45) is 0. The second kappa shape index (κ2) is 6.30. The van der Waals surface area contributed by atoms with Gasteiger partial charge in [-0.15, -0.1) is 0 Å². The molecule has 0 radical (unpaired) electrons. The lowest BCUT2D eigenvalue weighted by Gasteiger charge is -2.08. The first-order valence-electron chi connectivity index (χ1n) is 6.69. The third-order valence-electron chi connectivity index (χ3n) is 3.26. The largest absolute Gasteiger partial charge is 0.497 e. The van der Waals surface area contributed by atoms with Gasteiger partial charge in [-0.05, 0) is 31.2 Å². The number of hydrogen-bond donors (Lipinski definition) is 2. The van der Waals surface area contributed by atoms with Crippen molar-refractivity contribution in [3.05, 3.63) is 41.2 Å². The molecule has 1 aromatic carbocycles. The first kappa shape index (κ1) is 15.6. The first-order chi connectivity index (χ1) is 10.5. The Morgan fingerprint density at radius 2 is 1.82 bits per heavy atom. The van der Waals surface area contributed by atoms with E-state index in [0.717, 1.165) is 0 Å². The normalized spacial score (nSPS) is 10.2. The van der Waals surface area contributed by atoms with Crippen LogP contribution in [-0.4, -0.2) is 35.8 Å². The molecule has 7 heteroatoms. The highest BCUT2D eigenvalue weighted by Gasteiger charge is 2.21. The molecule has 116 valence electrons. The van der Waals surface area contributed by atoms with Crippen molar-refractivity contribution >= 4 is 17.5 Å². The van der Waals surface area contributed by atoms with Gasteiger partial charge in [0.05, 0.1) is 18.5 Å². The number of nitrogens with one attached hydrogen (secondary N) is 2. The topological polar surface area (TPSA) is 85.2 Å². The number of aryl methyl sites for hydroxylation is 2. The Bertz CT molecular complexity index is 704. The average molecular weight is 302 g/mol. The molecule has 2 rings (SSSR count). The van der Waals surface area contributed by atoms with E-state index in [1.807, 2.05) is 0 Å². The van der Waals surface area contributed by atoms with Crippen LogP contribution < -0.4 is 15.4 Å². The van der Waals surface area contributed by atoms with E-state index in [9.17, 15) is 9.59 Å². The fourth-order valence-electron chi connectivity index (χ4n) is 2.11. The number of amides is 2. The maximum atomic E-state index is 12.3. The van der Waals surface area contributed by atoms with E-state index in [-0.39, 0.29) is 11.8 Å². The zero-order chi connectivity index (χ0) is 16.3. The standard InChI is InChI=1S/C15H18N4O3/c1-9-12(13(15(21)16-2)19(3)18-9)17-14(20)10-5-7-11(22-4)8-6-10/h5-8H,1-4H3,(H,16,21)(H,17,20). The van der Waals surface area contributed by atoms with Gasteiger partial charge in [-0.2, -0.15) is 5.10 Å². The van der Waals surface area contributed by atoms with Crippen LogP contribution in [-0.2, 0) is 7.05 Å². The number of carbonyl (C=O) groups is 2. The molecular weight excluding hydrogens is 284 g/mol. The number of nitrogens with zero attached hydrogens (tertiary/aromatic N) is 2. The predicted octanol–water partition coefficient (Wildman–Crippen LogP) is 1.35. The summed E-state index contributed by atoms with van der Waals surface area (Å²) in [6, 6.07) is 6.70. The molecule has 2 N–H and O–H groups in total. The van der Waals surface area contributed by atoms with Gasteiger partial charge in [-0.25, -0.2) is 0 Å². The Morgan fingerprint density at radius 3 is 2.36 bits per heavy atom. The fourth-order valence-corrected chi connectivity index (χ4v) is 2.11. The Hall–Kier alpha value is -2.83. The predicted molar refractivity (Wildman–Crippen MR) is 82.3 cm³/mol. The summed E-state index contributed by atoms with van der Waals surface area (Å²) in [7, 11) is 4.74. The number of methoxy groups -OCH3 is 1. The summed E-state index contributed by atoms with van der Waals surface area (Å²) in [5.74, 6) is 0.0391. The number of ether oxygens (including phenoxy) is 1. The Balaban J connectivity index is 2.29. The van der Waals surface area contributed by atoms with Gasteiger partial charge < -0.3 is 15.4 Å². The van der Waals surface area contributed by atoms with E-state index < -0.39 is 0 Å². The lowest BCUT2D eigenvalue weighted by atomic mass is 10.2. The highest BCUT2D eigenvalue weighted by molar-refractivity contribution is 6.08. The molecule has 0 saturated heterocycles. The third kappa shape index (κ3) is 2.93. The number of carbonyl (C=O) groups excluding carboxylic acids is 2. The molecule has 0 atom stereocenters. The molecule has 0 spiro atoms. The van der Waals surface area contributed by atoms with E-state index in [4.69, 9.17) is 4.74 Å². The van der Waals surface area contributed by atoms with Crippen molar-refractivity contribution in [3.8, 4) is 5.75 Å². The van der Waals surface area contributed by atoms with Crippen LogP contribution in [0, 0.1) is 6.92 Å². The van der Waals surface area contributed by atoms with E-state index in [1.54, 1.807) is 45.3 Å². The van der Waals surface area contributed by atoms with Crippen LogP contribution in [0.4, 0.5) is 5.69 Å². The van der Waals surface area contributed by atoms with Crippen molar-refractivity contribution in [1.82, 2.24) is 15.1 Å². The zero-order valence-corrected chi connectivity index (χ0v) is 12.9. The fraction of sp³-hybridized carbons (Fsp3) is 0.267. The number of aromatic nitrogens is 2. The van der Waals surface area contributed by atoms with Crippen molar-refractivity contribution in [1.29, 1.82) is 0 Å². The molecule has 1 heterocycles. The van der Waals surface area contributed by atoms with Crippen LogP contribution >= 0.6 is 0 Å². The van der Waals surface area contributed by atoms with Gasteiger partial charge in [0.2, 0.25) is 0 Å². The molecule has 0 fully saturated rings. The molecular formula is C15H18N4O3. The molecule has 0 bridgehead atoms. The minimum Gasteiger partial charge on any atom is -0.497 e. The van der Waals surface area contributed by atoms with Gasteiger partial charge in [0.15, 0.2) is 0 Å². The molecule has 0 unspecified atom stereocenters. The summed E-state index contributed by atoms with van der Waals surface area (Å²) >= 11 is 0. The molecule has 0 aliphatic carbocycles. The molecule has 0 aliphatic rings. The van der Waals surface area contributed by atoms with Crippen molar-refractivity contribution < 1.29 is 14.3 Å². The summed E-state index contributed by atoms with van der Waals surface area (Å²) in [5, 5.41) is 9.46. The summed E-state index contributed by atoms with van der Waals surface area (Å²) < 4.78 is 6.50. The van der Waals surface area contributed by atoms with Crippen molar-refractivity contribution in [2.45, 2.75) is 6.92 Å². The zero-order valence-electron chi connectivity index (χ0n) is 12.9. The molecule has 1 aromatic heterocycles. The quantitative estimate of drug-likeness (QED) is 0.892. The number of benzene rings is 1. The second-order valence-electron chi connectivity index (χ2n) is 4.69. The maximum Gasteiger partial charge on any atom is 0.271 e. The van der Waals surface area contributed by atoms with E-state index in [0.29, 0.717) is 28.4 Å². The summed E-state index contributed by atoms with van der Waals surface area (Å²) in [4.78, 5) is 24.2. The van der Waals surface area contributed by atoms with Gasteiger partial charge in [-0.1, -0.05) is 0 Å². The van der Waals surface area contributed by atoms with Crippen LogP contribution in [0.2, 0.25) is 0 Å². The van der Waals surface area contributed by atoms with Gasteiger partial charge in [0.1, 0.15) is 11.4 Å². The summed E-state index contributed by atoms with van der Waals surface area (Å²) in [6.45, 7) is 1.73. The van der Waals surface area contributed by atoms with E-state index in [2.05, 4.69) is 15.7 Å². The van der Waals surface area contributed by atoms with E-state index in [1.165, 1.54) is 11.7 Å². The third-order valence-corrected chi connectivity index (χ3v) is 3.26. The number of anilines is 1. The van der Waals surface area contributed by atoms with Crippen LogP contribution in [0.25, 0.3) is 0 Å². The van der Waals surface area contributed by atoms with Crippen LogP contribution in [0.1, 0.15) is 26.5 Å². The molecule has 22 heavy (non-hydrogen) atoms. The highest BCUT2D eigenvalue weighted by Crippen LogP contribution is 2.21. The molecule has 2 amide bonds. The second-order valence-corrected chi connectivity index (χ2v) is 4.69. The number of rotatable bonds is 4. The lowest BCUT2D eigenvalue weighted by Crippen LogP contribution is -2.23. The number of hydrogen-bond acceptors (Lipinski definition) is 4. The molecule has 0 aliphatic heterocycles. The maximum absolute atomic E-state index is 12.3. The molecule has 7 nitrogen and oxygen atoms in total. The van der Waals surface area contributed by atoms with Crippen molar-refractivity contribution in [3.63, 3.8) is 0 Å². The van der Waals surface area contributed by atoms with Gasteiger partial charge in [0, 0.05) is 19.7 Å². The SMILES string of the molecule is CNC(=O)c1c(NC(=O)c2ccc(OC)cc2)c(C)nn1C. The lowest BCUT2D eigenvalue weighted by molar-refractivity contribution is 0.0954. The van der Waals surface area contributed by atoms with Crippen molar-refractivity contribution in [2.75, 3.05) is 19.5 Å². The van der Waals surface area contributed by atoms with Crippen LogP contribution in [0.15, 0.2) is 24.3 Å². The highest BCUT2D eigenvalue weighted by atomic mass is 16.5. The Labute approximate surface area is 128 Å². The smallest absolute Gasteiger partial charge is 0.271 e. The summed E-state index contributed by atoms with van der Waals surface area (Å²) in [5.41, 5.74) is 1.75. The molecule has 2 aromatic rings. The first-order valence-corrected chi connectivity index (χ1v) is 6.69. The average Bonchev–Trinajstić information content (AvgIpc) is 2.80. The van der Waals surface area contributed by atoms with Crippen LogP contribution in [0.5, 0.6) is 5.75 Å². The Morgan fingerprint density at radius 1 is 1.18 bits per heavy atom. The van der Waals surface area contributed by atoms with Gasteiger partial charge in [0.25, 0.3) is 11.8 Å². The minimum absolute atomic E-state index is 0.307. The van der Waals surface area contributed by atoms with E-state index >= 15 is 0 Å². The Kier molecular flexibility index (Phi) is 4.45. The monoisotopic (exact) mass is 302 g/mol. The van der Waals surface area contributed by atoms with Gasteiger partial charge in [-0.3, -0.25) is 14.3 Å².